The fraction of sp³-hybridized carbons (Fsp3) is 0.208. The Labute approximate surface area is 191 Å². The number of hydrogen-bond acceptors (Lipinski definition) is 6. The van der Waals surface area contributed by atoms with Crippen molar-refractivity contribution in [2.75, 3.05) is 27.2 Å². The van der Waals surface area contributed by atoms with E-state index in [4.69, 9.17) is 20.5 Å². The molecule has 0 bridgehead atoms. The lowest BCUT2D eigenvalue weighted by atomic mass is 10.1. The number of likely N-dealkylation sites (N-methyl/N-ethyl adjacent to an activating group) is 1. The van der Waals surface area contributed by atoms with Gasteiger partial charge in [0.2, 0.25) is 5.82 Å². The average molecular weight is 451 g/mol. The highest BCUT2D eigenvalue weighted by atomic mass is 35.5. The number of carbonyl (C=O) groups excluding carboxylic acids is 1. The van der Waals surface area contributed by atoms with Gasteiger partial charge in [0.25, 0.3) is 11.8 Å². The van der Waals surface area contributed by atoms with Crippen LogP contribution in [0.3, 0.4) is 0 Å². The molecule has 0 aliphatic rings. The summed E-state index contributed by atoms with van der Waals surface area (Å²) in [6, 6.07) is 18.1. The highest BCUT2D eigenvalue weighted by Crippen LogP contribution is 2.27. The van der Waals surface area contributed by atoms with Crippen molar-refractivity contribution in [1.82, 2.24) is 19.9 Å². The third kappa shape index (κ3) is 5.07. The van der Waals surface area contributed by atoms with Crippen molar-refractivity contribution in [1.29, 1.82) is 0 Å². The van der Waals surface area contributed by atoms with Crippen LogP contribution in [0.2, 0.25) is 5.02 Å². The first-order valence-electron chi connectivity index (χ1n) is 10.2. The average Bonchev–Trinajstić information content (AvgIpc) is 3.49. The molecular weight excluding hydrogens is 428 g/mol. The van der Waals surface area contributed by atoms with Gasteiger partial charge in [0.1, 0.15) is 5.76 Å². The summed E-state index contributed by atoms with van der Waals surface area (Å²) in [7, 11) is 3.94. The highest BCUT2D eigenvalue weighted by Gasteiger charge is 2.23. The lowest BCUT2D eigenvalue weighted by Crippen LogP contribution is -2.36. The molecule has 7 nitrogen and oxygen atoms in total. The predicted octanol–water partition coefficient (Wildman–Crippen LogP) is 4.85. The quantitative estimate of drug-likeness (QED) is 0.382. The molecule has 0 unspecified atom stereocenters. The Balaban J connectivity index is 1.64. The molecule has 2 heterocycles. The van der Waals surface area contributed by atoms with Crippen LogP contribution in [0.4, 0.5) is 0 Å². The molecule has 0 saturated carbocycles. The van der Waals surface area contributed by atoms with Crippen LogP contribution in [-0.2, 0) is 6.54 Å². The normalized spacial score (nSPS) is 11.1. The molecule has 0 spiro atoms. The Morgan fingerprint density at radius 3 is 2.50 bits per heavy atom. The van der Waals surface area contributed by atoms with E-state index in [9.17, 15) is 4.79 Å². The van der Waals surface area contributed by atoms with Crippen LogP contribution >= 0.6 is 11.6 Å². The summed E-state index contributed by atoms with van der Waals surface area (Å²) >= 11 is 5.97. The topological polar surface area (TPSA) is 75.6 Å². The number of halogens is 1. The van der Waals surface area contributed by atoms with Gasteiger partial charge in [0, 0.05) is 23.7 Å². The van der Waals surface area contributed by atoms with Gasteiger partial charge in [0.15, 0.2) is 0 Å². The summed E-state index contributed by atoms with van der Waals surface area (Å²) in [5.74, 6) is 1.30. The second-order valence-corrected chi connectivity index (χ2v) is 8.02. The molecule has 0 saturated heterocycles. The van der Waals surface area contributed by atoms with E-state index in [0.717, 1.165) is 17.9 Å². The molecule has 0 radical (unpaired) electrons. The van der Waals surface area contributed by atoms with Gasteiger partial charge in [-0.3, -0.25) is 4.79 Å². The molecule has 8 heteroatoms. The fourth-order valence-electron chi connectivity index (χ4n) is 3.24. The molecule has 0 aliphatic heterocycles. The Kier molecular flexibility index (Phi) is 6.68. The predicted molar refractivity (Wildman–Crippen MR) is 122 cm³/mol. The van der Waals surface area contributed by atoms with E-state index in [1.807, 2.05) is 61.5 Å². The zero-order chi connectivity index (χ0) is 22.5. The molecule has 0 fully saturated rings. The number of nitrogens with zero attached hydrogens (tertiary/aromatic N) is 4. The van der Waals surface area contributed by atoms with Crippen LogP contribution in [0.25, 0.3) is 22.8 Å². The van der Waals surface area contributed by atoms with Gasteiger partial charge in [-0.1, -0.05) is 28.9 Å². The van der Waals surface area contributed by atoms with Crippen LogP contribution in [0.1, 0.15) is 16.1 Å². The zero-order valence-corrected chi connectivity index (χ0v) is 18.6. The van der Waals surface area contributed by atoms with E-state index >= 15 is 0 Å². The van der Waals surface area contributed by atoms with E-state index < -0.39 is 0 Å². The second-order valence-electron chi connectivity index (χ2n) is 7.58. The summed E-state index contributed by atoms with van der Waals surface area (Å²) < 4.78 is 11.0. The van der Waals surface area contributed by atoms with Crippen molar-refractivity contribution < 1.29 is 13.7 Å². The molecule has 0 N–H and O–H groups in total. The Morgan fingerprint density at radius 2 is 1.78 bits per heavy atom. The maximum atomic E-state index is 13.6. The number of hydrogen-bond donors (Lipinski definition) is 0. The van der Waals surface area contributed by atoms with Crippen molar-refractivity contribution in [3.8, 4) is 22.8 Å². The first-order chi connectivity index (χ1) is 15.5. The third-order valence-electron chi connectivity index (χ3n) is 4.95. The van der Waals surface area contributed by atoms with E-state index in [0.29, 0.717) is 35.1 Å². The van der Waals surface area contributed by atoms with Crippen molar-refractivity contribution in [3.63, 3.8) is 0 Å². The van der Waals surface area contributed by atoms with Crippen LogP contribution < -0.4 is 0 Å². The number of furan rings is 1. The minimum atomic E-state index is -0.134. The van der Waals surface area contributed by atoms with Gasteiger partial charge in [-0.2, -0.15) is 4.98 Å². The van der Waals surface area contributed by atoms with Crippen molar-refractivity contribution in [3.05, 3.63) is 83.3 Å². The maximum Gasteiger partial charge on any atom is 0.259 e. The van der Waals surface area contributed by atoms with Crippen LogP contribution in [0, 0.1) is 0 Å². The largest absolute Gasteiger partial charge is 0.467 e. The molecule has 4 rings (SSSR count). The van der Waals surface area contributed by atoms with Crippen molar-refractivity contribution >= 4 is 17.5 Å². The van der Waals surface area contributed by atoms with Gasteiger partial charge in [-0.15, -0.1) is 0 Å². The van der Waals surface area contributed by atoms with Crippen molar-refractivity contribution in [2.24, 2.45) is 0 Å². The Hall–Kier alpha value is -3.42. The van der Waals surface area contributed by atoms with Gasteiger partial charge >= 0.3 is 0 Å². The Morgan fingerprint density at radius 1 is 1.00 bits per heavy atom. The number of aromatic nitrogens is 2. The van der Waals surface area contributed by atoms with Gasteiger partial charge in [0.05, 0.1) is 23.9 Å². The smallest absolute Gasteiger partial charge is 0.259 e. The van der Waals surface area contributed by atoms with Crippen molar-refractivity contribution in [2.45, 2.75) is 6.54 Å². The minimum absolute atomic E-state index is 0.134. The summed E-state index contributed by atoms with van der Waals surface area (Å²) in [5.41, 5.74) is 1.85. The first kappa shape index (κ1) is 21.8. The van der Waals surface area contributed by atoms with Gasteiger partial charge < -0.3 is 18.7 Å². The summed E-state index contributed by atoms with van der Waals surface area (Å²) in [6.07, 6.45) is 1.61. The minimum Gasteiger partial charge on any atom is -0.467 e. The molecule has 32 heavy (non-hydrogen) atoms. The molecule has 4 aromatic rings. The molecule has 0 aliphatic carbocycles. The number of amides is 1. The van der Waals surface area contributed by atoms with Gasteiger partial charge in [-0.25, -0.2) is 0 Å². The highest BCUT2D eigenvalue weighted by molar-refractivity contribution is 6.30. The van der Waals surface area contributed by atoms with E-state index in [2.05, 4.69) is 10.1 Å². The molecule has 2 aromatic carbocycles. The number of benzene rings is 2. The fourth-order valence-corrected chi connectivity index (χ4v) is 3.37. The standard InChI is InChI=1S/C24H23ClN4O3/c1-28(2)13-14-29(16-19-6-5-15-31-19)24(30)21-8-4-3-7-20(21)23-26-22(27-32-23)17-9-11-18(25)12-10-17/h3-12,15H,13-14,16H2,1-2H3. The lowest BCUT2D eigenvalue weighted by molar-refractivity contribution is 0.0720. The number of rotatable bonds is 8. The van der Waals surface area contributed by atoms with Crippen LogP contribution in [-0.4, -0.2) is 53.0 Å². The maximum absolute atomic E-state index is 13.6. The van der Waals surface area contributed by atoms with Crippen LogP contribution in [0.15, 0.2) is 75.9 Å². The second kappa shape index (κ2) is 9.80. The van der Waals surface area contributed by atoms with Crippen LogP contribution in [0.5, 0.6) is 0 Å². The summed E-state index contributed by atoms with van der Waals surface area (Å²) in [4.78, 5) is 21.9. The molecule has 1 amide bonds. The van der Waals surface area contributed by atoms with E-state index in [-0.39, 0.29) is 11.8 Å². The summed E-state index contributed by atoms with van der Waals surface area (Å²) in [6.45, 7) is 1.63. The molecule has 164 valence electrons. The molecule has 0 atom stereocenters. The van der Waals surface area contributed by atoms with E-state index in [1.165, 1.54) is 0 Å². The van der Waals surface area contributed by atoms with E-state index in [1.54, 1.807) is 29.4 Å². The lowest BCUT2D eigenvalue weighted by Gasteiger charge is -2.24. The number of carbonyl (C=O) groups is 1. The molecule has 2 aromatic heterocycles. The first-order valence-corrected chi connectivity index (χ1v) is 10.5. The zero-order valence-electron chi connectivity index (χ0n) is 17.9. The monoisotopic (exact) mass is 450 g/mol. The summed E-state index contributed by atoms with van der Waals surface area (Å²) in [5, 5.41) is 4.71. The molecular formula is C24H23ClN4O3. The SMILES string of the molecule is CN(C)CCN(Cc1ccco1)C(=O)c1ccccc1-c1nc(-c2ccc(Cl)cc2)no1. The Bertz CT molecular complexity index is 1170. The third-order valence-corrected chi connectivity index (χ3v) is 5.20. The van der Waals surface area contributed by atoms with Gasteiger partial charge in [-0.05, 0) is 62.6 Å².